The molecule has 0 aliphatic rings. The van der Waals surface area contributed by atoms with E-state index in [0.717, 1.165) is 12.1 Å². The summed E-state index contributed by atoms with van der Waals surface area (Å²) in [5.41, 5.74) is 2.07. The summed E-state index contributed by atoms with van der Waals surface area (Å²) >= 11 is 0. The molecule has 0 aliphatic heterocycles. The van der Waals surface area contributed by atoms with Crippen LogP contribution in [0, 0.1) is 0 Å². The molecule has 2 aromatic carbocycles. The summed E-state index contributed by atoms with van der Waals surface area (Å²) in [6, 6.07) is 23.0. The van der Waals surface area contributed by atoms with E-state index in [4.69, 9.17) is 4.74 Å². The van der Waals surface area contributed by atoms with Crippen LogP contribution in [0.15, 0.2) is 77.6 Å². The van der Waals surface area contributed by atoms with E-state index in [1.54, 1.807) is 6.07 Å². The van der Waals surface area contributed by atoms with E-state index >= 15 is 0 Å². The Labute approximate surface area is 159 Å². The third-order valence-corrected chi connectivity index (χ3v) is 4.15. The van der Waals surface area contributed by atoms with E-state index in [2.05, 4.69) is 22.5 Å². The Morgan fingerprint density at radius 2 is 1.63 bits per heavy atom. The molecule has 0 bridgehead atoms. The average Bonchev–Trinajstić information content (AvgIpc) is 2.68. The van der Waals surface area contributed by atoms with Crippen LogP contribution in [0.5, 0.6) is 5.88 Å². The van der Waals surface area contributed by atoms with E-state index < -0.39 is 0 Å². The molecule has 27 heavy (non-hydrogen) atoms. The zero-order valence-electron chi connectivity index (χ0n) is 15.7. The molecule has 140 valence electrons. The summed E-state index contributed by atoms with van der Waals surface area (Å²) in [5, 5.41) is 7.90. The highest BCUT2D eigenvalue weighted by Crippen LogP contribution is 2.17. The van der Waals surface area contributed by atoms with Crippen molar-refractivity contribution in [2.45, 2.75) is 32.5 Å². The lowest BCUT2D eigenvalue weighted by atomic mass is 10.1. The second-order valence-electron chi connectivity index (χ2n) is 6.66. The average molecular weight is 363 g/mol. The molecule has 1 aromatic heterocycles. The lowest BCUT2D eigenvalue weighted by Gasteiger charge is -2.21. The van der Waals surface area contributed by atoms with Crippen molar-refractivity contribution in [3.05, 3.63) is 94.3 Å². The fraction of sp³-hybridized carbons (Fsp3) is 0.273. The molecule has 5 heteroatoms. The van der Waals surface area contributed by atoms with Gasteiger partial charge in [-0.05, 0) is 25.0 Å². The first-order valence-electron chi connectivity index (χ1n) is 9.19. The first kappa shape index (κ1) is 18.9. The Bertz CT molecular complexity index is 892. The van der Waals surface area contributed by atoms with Gasteiger partial charge >= 0.3 is 0 Å². The minimum Gasteiger partial charge on any atom is -0.474 e. The molecule has 1 atom stereocenters. The van der Waals surface area contributed by atoms with Crippen molar-refractivity contribution >= 4 is 0 Å². The Hall–Kier alpha value is -2.92. The number of nitrogens with one attached hydrogen (secondary N) is 1. The fourth-order valence-electron chi connectivity index (χ4n) is 2.91. The number of aromatic nitrogens is 2. The quantitative estimate of drug-likeness (QED) is 0.666. The van der Waals surface area contributed by atoms with Gasteiger partial charge in [-0.3, -0.25) is 4.79 Å². The van der Waals surface area contributed by atoms with Crippen LogP contribution < -0.4 is 15.6 Å². The number of nitrogens with zero attached hydrogens (tertiary/aromatic N) is 2. The fourth-order valence-corrected chi connectivity index (χ4v) is 2.91. The van der Waals surface area contributed by atoms with Gasteiger partial charge in [0.05, 0.1) is 12.1 Å². The van der Waals surface area contributed by atoms with Crippen molar-refractivity contribution in [2.24, 2.45) is 0 Å². The summed E-state index contributed by atoms with van der Waals surface area (Å²) in [7, 11) is 0. The van der Waals surface area contributed by atoms with Gasteiger partial charge in [-0.15, -0.1) is 5.10 Å². The van der Waals surface area contributed by atoms with Crippen molar-refractivity contribution in [1.82, 2.24) is 15.1 Å². The van der Waals surface area contributed by atoms with Crippen molar-refractivity contribution in [2.75, 3.05) is 6.54 Å². The lowest BCUT2D eigenvalue weighted by Crippen LogP contribution is -2.34. The van der Waals surface area contributed by atoms with Crippen LogP contribution in [0.4, 0.5) is 0 Å². The molecule has 1 unspecified atom stereocenters. The summed E-state index contributed by atoms with van der Waals surface area (Å²) < 4.78 is 7.18. The molecule has 0 aliphatic carbocycles. The second kappa shape index (κ2) is 9.14. The number of rotatable bonds is 8. The molecule has 0 spiro atoms. The first-order chi connectivity index (χ1) is 13.1. The number of hydrogen-bond acceptors (Lipinski definition) is 4. The summed E-state index contributed by atoms with van der Waals surface area (Å²) in [4.78, 5) is 12.5. The van der Waals surface area contributed by atoms with E-state index in [9.17, 15) is 4.79 Å². The van der Waals surface area contributed by atoms with Crippen molar-refractivity contribution in [1.29, 1.82) is 0 Å². The van der Waals surface area contributed by atoms with E-state index in [1.807, 2.05) is 62.4 Å². The standard InChI is InChI=1S/C22H25N3O2/c1-17(2)27-21-13-14-22(26)25(24-21)20(19-11-7-4-8-12-19)16-23-15-18-9-5-3-6-10-18/h3-14,17,20,23H,15-16H2,1-2H3. The molecule has 5 nitrogen and oxygen atoms in total. The van der Waals surface area contributed by atoms with Crippen molar-refractivity contribution < 1.29 is 4.74 Å². The maximum absolute atomic E-state index is 12.5. The highest BCUT2D eigenvalue weighted by atomic mass is 16.5. The summed E-state index contributed by atoms with van der Waals surface area (Å²) in [6.07, 6.45) is -0.00478. The highest BCUT2D eigenvalue weighted by Gasteiger charge is 2.17. The zero-order valence-corrected chi connectivity index (χ0v) is 15.7. The van der Waals surface area contributed by atoms with Gasteiger partial charge in [0.2, 0.25) is 5.88 Å². The third-order valence-electron chi connectivity index (χ3n) is 4.15. The molecule has 0 saturated heterocycles. The molecule has 3 rings (SSSR count). The number of benzene rings is 2. The molecule has 1 N–H and O–H groups in total. The van der Waals surface area contributed by atoms with Crippen molar-refractivity contribution in [3.8, 4) is 5.88 Å². The van der Waals surface area contributed by atoms with Crippen LogP contribution in [0.3, 0.4) is 0 Å². The van der Waals surface area contributed by atoms with Crippen LogP contribution in [0.2, 0.25) is 0 Å². The summed E-state index contributed by atoms with van der Waals surface area (Å²) in [6.45, 7) is 5.18. The molecule has 1 heterocycles. The Kier molecular flexibility index (Phi) is 6.39. The first-order valence-corrected chi connectivity index (χ1v) is 9.19. The van der Waals surface area contributed by atoms with E-state index in [1.165, 1.54) is 16.3 Å². The summed E-state index contributed by atoms with van der Waals surface area (Å²) in [5.74, 6) is 0.452. The van der Waals surface area contributed by atoms with Crippen LogP contribution in [-0.2, 0) is 6.54 Å². The minimum atomic E-state index is -0.224. The molecular formula is C22H25N3O2. The zero-order chi connectivity index (χ0) is 19.1. The molecule has 0 radical (unpaired) electrons. The van der Waals surface area contributed by atoms with Crippen LogP contribution >= 0.6 is 0 Å². The predicted octanol–water partition coefficient (Wildman–Crippen LogP) is 3.41. The van der Waals surface area contributed by atoms with E-state index in [-0.39, 0.29) is 17.7 Å². The maximum Gasteiger partial charge on any atom is 0.267 e. The van der Waals surface area contributed by atoms with Crippen molar-refractivity contribution in [3.63, 3.8) is 0 Å². The Morgan fingerprint density at radius 3 is 2.30 bits per heavy atom. The van der Waals surface area contributed by atoms with Gasteiger partial charge in [0, 0.05) is 25.2 Å². The Balaban J connectivity index is 1.85. The minimum absolute atomic E-state index is 0.00478. The second-order valence-corrected chi connectivity index (χ2v) is 6.66. The highest BCUT2D eigenvalue weighted by molar-refractivity contribution is 5.21. The molecule has 0 amide bonds. The van der Waals surface area contributed by atoms with Gasteiger partial charge in [-0.2, -0.15) is 0 Å². The Morgan fingerprint density at radius 1 is 0.963 bits per heavy atom. The molecular weight excluding hydrogens is 338 g/mol. The van der Waals surface area contributed by atoms with Gasteiger partial charge in [-0.1, -0.05) is 60.7 Å². The topological polar surface area (TPSA) is 56.1 Å². The smallest absolute Gasteiger partial charge is 0.267 e. The van der Waals surface area contributed by atoms with Gasteiger partial charge in [0.25, 0.3) is 5.56 Å². The normalized spacial score (nSPS) is 12.1. The van der Waals surface area contributed by atoms with Gasteiger partial charge in [0.15, 0.2) is 0 Å². The molecule has 0 fully saturated rings. The lowest BCUT2D eigenvalue weighted by molar-refractivity contribution is 0.223. The number of ether oxygens (including phenoxy) is 1. The van der Waals surface area contributed by atoms with Crippen LogP contribution in [0.1, 0.15) is 31.0 Å². The van der Waals surface area contributed by atoms with Gasteiger partial charge < -0.3 is 10.1 Å². The largest absolute Gasteiger partial charge is 0.474 e. The third kappa shape index (κ3) is 5.28. The van der Waals surface area contributed by atoms with Gasteiger partial charge in [0.1, 0.15) is 0 Å². The molecule has 3 aromatic rings. The molecule has 0 saturated carbocycles. The monoisotopic (exact) mass is 363 g/mol. The van der Waals surface area contributed by atoms with E-state index in [0.29, 0.717) is 12.4 Å². The van der Waals surface area contributed by atoms with Crippen LogP contribution in [-0.4, -0.2) is 22.4 Å². The van der Waals surface area contributed by atoms with Crippen LogP contribution in [0.25, 0.3) is 0 Å². The number of hydrogen-bond donors (Lipinski definition) is 1. The SMILES string of the molecule is CC(C)Oc1ccc(=O)n(C(CNCc2ccccc2)c2ccccc2)n1. The maximum atomic E-state index is 12.5. The predicted molar refractivity (Wildman–Crippen MR) is 107 cm³/mol. The van der Waals surface area contributed by atoms with Gasteiger partial charge in [-0.25, -0.2) is 4.68 Å².